The van der Waals surface area contributed by atoms with Gasteiger partial charge in [-0.05, 0) is 42.3 Å². The maximum atomic E-state index is 13.3. The van der Waals surface area contributed by atoms with E-state index in [1.165, 1.54) is 18.2 Å². The van der Waals surface area contributed by atoms with Gasteiger partial charge in [-0.15, -0.1) is 12.8 Å². The molecule has 0 fully saturated rings. The van der Waals surface area contributed by atoms with Crippen LogP contribution in [0.3, 0.4) is 0 Å². The topological polar surface area (TPSA) is 47.3 Å². The van der Waals surface area contributed by atoms with Gasteiger partial charge in [0.15, 0.2) is 5.75 Å². The van der Waals surface area contributed by atoms with Crippen molar-refractivity contribution in [3.63, 3.8) is 0 Å². The first-order valence-corrected chi connectivity index (χ1v) is 9.37. The number of halogens is 6. The van der Waals surface area contributed by atoms with Gasteiger partial charge < -0.3 is 15.8 Å². The van der Waals surface area contributed by atoms with Crippen molar-refractivity contribution in [2.75, 3.05) is 18.1 Å². The molecule has 2 aromatic carbocycles. The van der Waals surface area contributed by atoms with Crippen LogP contribution in [-0.2, 0) is 18.8 Å². The number of nitrogens with two attached hydrogens (primary N) is 1. The third kappa shape index (κ3) is 7.63. The van der Waals surface area contributed by atoms with Gasteiger partial charge in [0.2, 0.25) is 0 Å². The zero-order valence-electron chi connectivity index (χ0n) is 17.7. The van der Waals surface area contributed by atoms with Crippen LogP contribution in [0.2, 0.25) is 0 Å². The number of benzene rings is 2. The number of ether oxygens (including phenoxy) is 1. The number of terminal acetylenes is 1. The second-order valence-corrected chi connectivity index (χ2v) is 5.86. The predicted molar refractivity (Wildman–Crippen MR) is 112 cm³/mol. The molecule has 0 atom stereocenters. The lowest BCUT2D eigenvalue weighted by atomic mass is 10.1. The normalized spacial score (nSPS) is 10.8. The van der Waals surface area contributed by atoms with Gasteiger partial charge in [-0.2, -0.15) is 26.3 Å². The van der Waals surface area contributed by atoms with Crippen LogP contribution in [0.5, 0.6) is 11.5 Å². The van der Waals surface area contributed by atoms with Crippen LogP contribution in [0.15, 0.2) is 30.3 Å². The summed E-state index contributed by atoms with van der Waals surface area (Å²) in [4.78, 5) is 0. The van der Waals surface area contributed by atoms with Crippen molar-refractivity contribution in [2.45, 2.75) is 46.0 Å². The van der Waals surface area contributed by atoms with E-state index in [0.717, 1.165) is 12.0 Å². The first-order chi connectivity index (χ1) is 14.5. The molecule has 0 radical (unpaired) electrons. The fourth-order valence-corrected chi connectivity index (χ4v) is 2.65. The number of nitrogens with one attached hydrogen (secondary N) is 1. The second kappa shape index (κ2) is 12.0. The fourth-order valence-electron chi connectivity index (χ4n) is 2.65. The minimum Gasteiger partial charge on any atom is -0.456 e. The van der Waals surface area contributed by atoms with E-state index in [0.29, 0.717) is 24.2 Å². The van der Waals surface area contributed by atoms with E-state index in [1.54, 1.807) is 7.05 Å². The van der Waals surface area contributed by atoms with E-state index in [4.69, 9.17) is 10.5 Å². The highest BCUT2D eigenvalue weighted by Crippen LogP contribution is 2.47. The molecule has 0 aliphatic carbocycles. The largest absolute Gasteiger partial charge is 0.456 e. The molecule has 0 heterocycles. The monoisotopic (exact) mass is 448 g/mol. The van der Waals surface area contributed by atoms with E-state index in [2.05, 4.69) is 18.2 Å². The lowest BCUT2D eigenvalue weighted by Gasteiger charge is -2.20. The van der Waals surface area contributed by atoms with Gasteiger partial charge >= 0.3 is 12.4 Å². The third-order valence-electron chi connectivity index (χ3n) is 3.81. The maximum absolute atomic E-state index is 13.3. The van der Waals surface area contributed by atoms with Gasteiger partial charge in [0.05, 0.1) is 0 Å². The molecule has 31 heavy (non-hydrogen) atoms. The van der Waals surface area contributed by atoms with Crippen LogP contribution in [0.25, 0.3) is 0 Å². The molecule has 172 valence electrons. The maximum Gasteiger partial charge on any atom is 0.420 e. The number of nitrogen functional groups attached to an aromatic ring is 1. The molecule has 9 heteroatoms. The van der Waals surface area contributed by atoms with Crippen molar-refractivity contribution >= 4 is 11.4 Å². The molecule has 2 aromatic rings. The Hall–Kier alpha value is -3.02. The van der Waals surface area contributed by atoms with Crippen LogP contribution >= 0.6 is 0 Å². The summed E-state index contributed by atoms with van der Waals surface area (Å²) in [5.74, 6) is -1.44. The summed E-state index contributed by atoms with van der Waals surface area (Å²) in [6.07, 6.45) is -0.821. The number of hydrogen-bond acceptors (Lipinski definition) is 3. The highest BCUT2D eigenvalue weighted by molar-refractivity contribution is 5.58. The van der Waals surface area contributed by atoms with Crippen molar-refractivity contribution in [2.24, 2.45) is 0 Å². The Morgan fingerprint density at radius 1 is 0.935 bits per heavy atom. The van der Waals surface area contributed by atoms with Crippen LogP contribution in [0, 0.1) is 12.8 Å². The van der Waals surface area contributed by atoms with E-state index >= 15 is 0 Å². The minimum absolute atomic E-state index is 0.127. The van der Waals surface area contributed by atoms with Gasteiger partial charge in [-0.25, -0.2) is 0 Å². The highest BCUT2D eigenvalue weighted by Gasteiger charge is 2.42. The molecule has 3 nitrogen and oxygen atoms in total. The Bertz CT molecular complexity index is 822. The van der Waals surface area contributed by atoms with Gasteiger partial charge in [0, 0.05) is 18.4 Å². The number of rotatable bonds is 5. The van der Waals surface area contributed by atoms with Gasteiger partial charge in [0.1, 0.15) is 16.9 Å². The van der Waals surface area contributed by atoms with E-state index < -0.39 is 34.9 Å². The lowest BCUT2D eigenvalue weighted by Crippen LogP contribution is -2.15. The molecule has 0 spiro atoms. The Morgan fingerprint density at radius 2 is 1.42 bits per heavy atom. The van der Waals surface area contributed by atoms with E-state index in [-0.39, 0.29) is 5.75 Å². The summed E-state index contributed by atoms with van der Waals surface area (Å²) >= 11 is 0. The number of alkyl halides is 6. The van der Waals surface area contributed by atoms with Crippen molar-refractivity contribution in [3.05, 3.63) is 47.0 Å². The van der Waals surface area contributed by atoms with Crippen molar-refractivity contribution in [1.82, 2.24) is 0 Å². The quantitative estimate of drug-likeness (QED) is 0.285. The van der Waals surface area contributed by atoms with Crippen LogP contribution in [0.4, 0.5) is 37.7 Å². The van der Waals surface area contributed by atoms with Crippen LogP contribution in [-0.4, -0.2) is 7.05 Å². The van der Waals surface area contributed by atoms with Crippen LogP contribution in [0.1, 0.15) is 43.9 Å². The van der Waals surface area contributed by atoms with Crippen molar-refractivity contribution in [3.8, 4) is 24.3 Å². The molecule has 0 aromatic heterocycles. The Balaban J connectivity index is 0.00000212. The van der Waals surface area contributed by atoms with Gasteiger partial charge in [0.25, 0.3) is 0 Å². The summed E-state index contributed by atoms with van der Waals surface area (Å²) in [5.41, 5.74) is 2.87. The number of anilines is 2. The molecule has 0 bridgehead atoms. The molecule has 3 N–H and O–H groups in total. The number of aryl methyl sites for hydroxylation is 1. The fraction of sp³-hybridized carbons (Fsp3) is 0.364. The highest BCUT2D eigenvalue weighted by atomic mass is 19.4. The predicted octanol–water partition coefficient (Wildman–Crippen LogP) is 7.37. The summed E-state index contributed by atoms with van der Waals surface area (Å²) in [7, 11) is 1.67. The Labute approximate surface area is 178 Å². The second-order valence-electron chi connectivity index (χ2n) is 5.86. The molecule has 0 saturated heterocycles. The summed E-state index contributed by atoms with van der Waals surface area (Å²) < 4.78 is 84.9. The first-order valence-electron chi connectivity index (χ1n) is 9.37. The Morgan fingerprint density at radius 3 is 1.81 bits per heavy atom. The SMILES string of the molecule is C#C.CC.CCCc1cc(Oc2c(C(F)(F)F)cc(N)cc2C(F)(F)F)ccc1NC. The molecule has 0 aliphatic heterocycles. The molecule has 0 saturated carbocycles. The minimum atomic E-state index is -5.07. The molecule has 0 aliphatic rings. The van der Waals surface area contributed by atoms with Crippen molar-refractivity contribution < 1.29 is 31.1 Å². The average Bonchev–Trinajstić information content (AvgIpc) is 2.71. The summed E-state index contributed by atoms with van der Waals surface area (Å²) in [6, 6.07) is 5.13. The van der Waals surface area contributed by atoms with Gasteiger partial charge in [-0.3, -0.25) is 0 Å². The van der Waals surface area contributed by atoms with E-state index in [9.17, 15) is 26.3 Å². The molecular weight excluding hydrogens is 422 g/mol. The first kappa shape index (κ1) is 28.0. The summed E-state index contributed by atoms with van der Waals surface area (Å²) in [6.45, 7) is 5.90. The van der Waals surface area contributed by atoms with E-state index in [1.807, 2.05) is 20.8 Å². The summed E-state index contributed by atoms with van der Waals surface area (Å²) in [5, 5.41) is 2.92. The molecular formula is C22H26F6N2O. The van der Waals surface area contributed by atoms with Crippen molar-refractivity contribution in [1.29, 1.82) is 0 Å². The standard InChI is InChI=1S/C18H18F6N2O.C2H6.C2H2/c1-3-4-10-7-12(5-6-15(10)26-2)27-16-13(17(19,20)21)8-11(25)9-14(16)18(22,23)24;2*1-2/h5-9,26H,3-4,25H2,1-2H3;1-2H3;1-2H. The smallest absolute Gasteiger partial charge is 0.420 e. The molecule has 0 unspecified atom stereocenters. The lowest BCUT2D eigenvalue weighted by molar-refractivity contribution is -0.144. The zero-order chi connectivity index (χ0) is 24.4. The average molecular weight is 448 g/mol. The van der Waals surface area contributed by atoms with Crippen LogP contribution < -0.4 is 15.8 Å². The molecule has 0 amide bonds. The Kier molecular flexibility index (Phi) is 10.8. The van der Waals surface area contributed by atoms with Gasteiger partial charge in [-0.1, -0.05) is 27.2 Å². The number of hydrogen-bond donors (Lipinski definition) is 2. The zero-order valence-corrected chi connectivity index (χ0v) is 17.7. The molecule has 2 rings (SSSR count). The third-order valence-corrected chi connectivity index (χ3v) is 3.81.